The lowest BCUT2D eigenvalue weighted by atomic mass is 10.0. The first kappa shape index (κ1) is 14.9. The number of nitrogens with one attached hydrogen (secondary N) is 1. The van der Waals surface area contributed by atoms with Gasteiger partial charge in [0.2, 0.25) is 0 Å². The van der Waals surface area contributed by atoms with Crippen LogP contribution in [0, 0.1) is 0 Å². The first-order valence-electron chi connectivity index (χ1n) is 7.54. The third-order valence-electron chi connectivity index (χ3n) is 3.61. The molecular weight excluding hydrogens is 252 g/mol. The maximum absolute atomic E-state index is 12.1. The summed E-state index contributed by atoms with van der Waals surface area (Å²) in [6.07, 6.45) is 2.90. The molecule has 1 unspecified atom stereocenters. The fourth-order valence-electron chi connectivity index (χ4n) is 2.68. The molecule has 0 aromatic heterocycles. The normalized spacial score (nSPS) is 18.3. The Morgan fingerprint density at radius 1 is 1.40 bits per heavy atom. The summed E-state index contributed by atoms with van der Waals surface area (Å²) in [7, 11) is 0. The molecule has 0 bridgehead atoms. The average Bonchev–Trinajstić information content (AvgIpc) is 2.65. The maximum Gasteiger partial charge on any atom is 0.414 e. The summed E-state index contributed by atoms with van der Waals surface area (Å²) in [5.41, 5.74) is 2.18. The Labute approximate surface area is 121 Å². The topological polar surface area (TPSA) is 41.6 Å². The predicted molar refractivity (Wildman–Crippen MR) is 81.1 cm³/mol. The Balaban J connectivity index is 2.27. The van der Waals surface area contributed by atoms with Crippen LogP contribution in [-0.4, -0.2) is 25.8 Å². The number of carbonyl (C=O) groups excluding carboxylic acids is 1. The molecule has 1 atom stereocenters. The zero-order chi connectivity index (χ0) is 14.4. The molecule has 0 fully saturated rings. The molecule has 20 heavy (non-hydrogen) atoms. The molecule has 1 N–H and O–H groups in total. The Kier molecular flexibility index (Phi) is 5.41. The van der Waals surface area contributed by atoms with Gasteiger partial charge in [-0.2, -0.15) is 0 Å². The molecule has 1 aromatic rings. The second-order valence-corrected chi connectivity index (χ2v) is 5.06. The van der Waals surface area contributed by atoms with Crippen molar-refractivity contribution in [3.05, 3.63) is 29.8 Å². The van der Waals surface area contributed by atoms with E-state index in [4.69, 9.17) is 4.74 Å². The molecule has 1 aliphatic rings. The number of anilines is 1. The number of nitrogens with zero attached hydrogens (tertiary/aromatic N) is 1. The molecule has 0 radical (unpaired) electrons. The van der Waals surface area contributed by atoms with Crippen LogP contribution in [0.3, 0.4) is 0 Å². The second kappa shape index (κ2) is 7.29. The fourth-order valence-corrected chi connectivity index (χ4v) is 2.68. The highest BCUT2D eigenvalue weighted by molar-refractivity contribution is 5.89. The zero-order valence-corrected chi connectivity index (χ0v) is 12.4. The lowest BCUT2D eigenvalue weighted by molar-refractivity contribution is 0.159. The molecule has 0 saturated heterocycles. The number of benzene rings is 1. The number of hydrogen-bond acceptors (Lipinski definition) is 3. The van der Waals surface area contributed by atoms with Crippen molar-refractivity contribution in [3.63, 3.8) is 0 Å². The van der Waals surface area contributed by atoms with Gasteiger partial charge in [0.05, 0.1) is 12.3 Å². The molecule has 1 aromatic carbocycles. The molecule has 1 heterocycles. The summed E-state index contributed by atoms with van der Waals surface area (Å²) in [6.45, 7) is 6.14. The van der Waals surface area contributed by atoms with E-state index in [1.54, 1.807) is 4.90 Å². The number of fused-ring (bicyclic) bond motifs is 1. The molecule has 0 aliphatic carbocycles. The first-order chi connectivity index (χ1) is 9.77. The highest BCUT2D eigenvalue weighted by Crippen LogP contribution is 2.33. The Hall–Kier alpha value is -1.55. The van der Waals surface area contributed by atoms with Crippen LogP contribution in [-0.2, 0) is 4.74 Å². The zero-order valence-electron chi connectivity index (χ0n) is 12.4. The van der Waals surface area contributed by atoms with Crippen molar-refractivity contribution in [2.75, 3.05) is 24.6 Å². The van der Waals surface area contributed by atoms with E-state index in [1.807, 2.05) is 25.1 Å². The molecule has 2 rings (SSSR count). The lowest BCUT2D eigenvalue weighted by Crippen LogP contribution is -2.32. The van der Waals surface area contributed by atoms with Gasteiger partial charge in [0.15, 0.2) is 0 Å². The molecule has 0 spiro atoms. The van der Waals surface area contributed by atoms with Gasteiger partial charge < -0.3 is 10.1 Å². The summed E-state index contributed by atoms with van der Waals surface area (Å²) in [5.74, 6) is 0. The van der Waals surface area contributed by atoms with E-state index in [-0.39, 0.29) is 6.09 Å². The molecule has 4 heteroatoms. The molecule has 110 valence electrons. The van der Waals surface area contributed by atoms with Crippen LogP contribution in [0.25, 0.3) is 0 Å². The van der Waals surface area contributed by atoms with Gasteiger partial charge in [0.1, 0.15) is 0 Å². The third kappa shape index (κ3) is 3.31. The largest absolute Gasteiger partial charge is 0.449 e. The summed E-state index contributed by atoms with van der Waals surface area (Å²) in [4.78, 5) is 13.9. The van der Waals surface area contributed by atoms with Crippen molar-refractivity contribution in [1.29, 1.82) is 0 Å². The molecular formula is C16H24N2O2. The van der Waals surface area contributed by atoms with E-state index in [2.05, 4.69) is 18.3 Å². The van der Waals surface area contributed by atoms with E-state index in [0.717, 1.165) is 38.0 Å². The Morgan fingerprint density at radius 3 is 2.95 bits per heavy atom. The van der Waals surface area contributed by atoms with Crippen LogP contribution >= 0.6 is 0 Å². The number of para-hydroxylation sites is 1. The minimum Gasteiger partial charge on any atom is -0.449 e. The number of carbonyl (C=O) groups is 1. The average molecular weight is 276 g/mol. The van der Waals surface area contributed by atoms with Crippen LogP contribution in [0.2, 0.25) is 0 Å². The molecule has 4 nitrogen and oxygen atoms in total. The van der Waals surface area contributed by atoms with Gasteiger partial charge >= 0.3 is 6.09 Å². The number of rotatable bonds is 4. The summed E-state index contributed by atoms with van der Waals surface area (Å²) >= 11 is 0. The quantitative estimate of drug-likeness (QED) is 0.915. The Morgan fingerprint density at radius 2 is 2.20 bits per heavy atom. The van der Waals surface area contributed by atoms with Gasteiger partial charge in [-0.3, -0.25) is 4.90 Å². The van der Waals surface area contributed by atoms with E-state index < -0.39 is 0 Å². The lowest BCUT2D eigenvalue weighted by Gasteiger charge is -2.23. The summed E-state index contributed by atoms with van der Waals surface area (Å²) in [6, 6.07) is 8.46. The summed E-state index contributed by atoms with van der Waals surface area (Å²) in [5, 5.41) is 3.58. The summed E-state index contributed by atoms with van der Waals surface area (Å²) < 4.78 is 5.18. The van der Waals surface area contributed by atoms with Crippen molar-refractivity contribution in [3.8, 4) is 0 Å². The second-order valence-electron chi connectivity index (χ2n) is 5.06. The monoisotopic (exact) mass is 276 g/mol. The molecule has 0 saturated carbocycles. The van der Waals surface area contributed by atoms with E-state index in [1.165, 1.54) is 5.56 Å². The van der Waals surface area contributed by atoms with Crippen molar-refractivity contribution < 1.29 is 9.53 Å². The van der Waals surface area contributed by atoms with E-state index in [9.17, 15) is 4.79 Å². The van der Waals surface area contributed by atoms with Crippen LogP contribution in [0.4, 0.5) is 10.5 Å². The number of amides is 1. The number of hydrogen-bond donors (Lipinski definition) is 1. The SMILES string of the molecule is CCCNC1CCCN(C(=O)OCC)c2ccccc21. The fraction of sp³-hybridized carbons (Fsp3) is 0.562. The van der Waals surface area contributed by atoms with Crippen LogP contribution < -0.4 is 10.2 Å². The first-order valence-corrected chi connectivity index (χ1v) is 7.54. The van der Waals surface area contributed by atoms with Crippen LogP contribution in [0.1, 0.15) is 44.7 Å². The van der Waals surface area contributed by atoms with Crippen molar-refractivity contribution in [2.24, 2.45) is 0 Å². The highest BCUT2D eigenvalue weighted by Gasteiger charge is 2.26. The van der Waals surface area contributed by atoms with Crippen LogP contribution in [0.15, 0.2) is 24.3 Å². The van der Waals surface area contributed by atoms with Gasteiger partial charge in [0.25, 0.3) is 0 Å². The van der Waals surface area contributed by atoms with Crippen LogP contribution in [0.5, 0.6) is 0 Å². The standard InChI is InChI=1S/C16H24N2O2/c1-3-11-17-14-9-7-12-18(16(19)20-4-2)15-10-6-5-8-13(14)15/h5-6,8,10,14,17H,3-4,7,9,11-12H2,1-2H3. The van der Waals surface area contributed by atoms with Crippen molar-refractivity contribution in [2.45, 2.75) is 39.2 Å². The van der Waals surface area contributed by atoms with Gasteiger partial charge in [-0.25, -0.2) is 4.79 Å². The van der Waals surface area contributed by atoms with Gasteiger partial charge in [-0.05, 0) is 44.4 Å². The van der Waals surface area contributed by atoms with Gasteiger partial charge in [-0.1, -0.05) is 25.1 Å². The van der Waals surface area contributed by atoms with Crippen molar-refractivity contribution in [1.82, 2.24) is 5.32 Å². The predicted octanol–water partition coefficient (Wildman–Crippen LogP) is 3.48. The van der Waals surface area contributed by atoms with Gasteiger partial charge in [-0.15, -0.1) is 0 Å². The van der Waals surface area contributed by atoms with E-state index >= 15 is 0 Å². The van der Waals surface area contributed by atoms with E-state index in [0.29, 0.717) is 12.6 Å². The minimum absolute atomic E-state index is 0.240. The van der Waals surface area contributed by atoms with Gasteiger partial charge in [0, 0.05) is 12.6 Å². The maximum atomic E-state index is 12.1. The smallest absolute Gasteiger partial charge is 0.414 e. The minimum atomic E-state index is -0.240. The van der Waals surface area contributed by atoms with Crippen molar-refractivity contribution >= 4 is 11.8 Å². The third-order valence-corrected chi connectivity index (χ3v) is 3.61. The molecule has 1 aliphatic heterocycles. The number of ether oxygens (including phenoxy) is 1. The Bertz CT molecular complexity index is 448. The highest BCUT2D eigenvalue weighted by atomic mass is 16.6. The molecule has 1 amide bonds.